The number of nitrogens with zero attached hydrogens (tertiary/aromatic N) is 2. The van der Waals surface area contributed by atoms with Crippen LogP contribution in [0.1, 0.15) is 16.7 Å². The van der Waals surface area contributed by atoms with Crippen LogP contribution >= 0.6 is 0 Å². The summed E-state index contributed by atoms with van der Waals surface area (Å²) in [7, 11) is -4.17. The fraction of sp³-hybridized carbons (Fsp3) is 0.167. The van der Waals surface area contributed by atoms with Crippen molar-refractivity contribution in [3.05, 3.63) is 71.5 Å². The first kappa shape index (κ1) is 19.0. The minimum absolute atomic E-state index is 0.102. The van der Waals surface area contributed by atoms with E-state index in [4.69, 9.17) is 0 Å². The van der Waals surface area contributed by atoms with Crippen LogP contribution in [-0.4, -0.2) is 18.2 Å². The monoisotopic (exact) mass is 395 g/mol. The van der Waals surface area contributed by atoms with Crippen molar-refractivity contribution < 1.29 is 21.6 Å². The predicted molar refractivity (Wildman–Crippen MR) is 95.3 cm³/mol. The zero-order valence-electron chi connectivity index (χ0n) is 14.4. The van der Waals surface area contributed by atoms with E-state index in [0.29, 0.717) is 0 Å². The summed E-state index contributed by atoms with van der Waals surface area (Å²) in [5.74, 6) is 0. The lowest BCUT2D eigenvalue weighted by molar-refractivity contribution is -0.136. The second-order valence-corrected chi connectivity index (χ2v) is 7.71. The first-order valence-corrected chi connectivity index (χ1v) is 9.37. The molecule has 0 bridgehead atoms. The average Bonchev–Trinajstić information content (AvgIpc) is 3.11. The second-order valence-electron chi connectivity index (χ2n) is 6.03. The van der Waals surface area contributed by atoms with Gasteiger partial charge in [0, 0.05) is 12.4 Å². The Morgan fingerprint density at radius 1 is 1.04 bits per heavy atom. The summed E-state index contributed by atoms with van der Waals surface area (Å²) < 4.78 is 68.9. The van der Waals surface area contributed by atoms with E-state index >= 15 is 0 Å². The Morgan fingerprint density at radius 3 is 2.37 bits per heavy atom. The number of nitrogens with one attached hydrogen (secondary N) is 1. The number of alkyl halides is 3. The van der Waals surface area contributed by atoms with Crippen molar-refractivity contribution >= 4 is 15.7 Å². The highest BCUT2D eigenvalue weighted by molar-refractivity contribution is 7.92. The van der Waals surface area contributed by atoms with Crippen molar-refractivity contribution in [2.75, 3.05) is 4.72 Å². The molecule has 3 rings (SSSR count). The Balaban J connectivity index is 2.04. The van der Waals surface area contributed by atoms with E-state index in [1.807, 2.05) is 6.92 Å². The standard InChI is InChI=1S/C18H16F3N3O2S/c1-12-4-6-15(10-13(12)2)27(25,26)23-17-7-5-14(24-9-3-8-22-24)11-16(17)18(19,20)21/h3-11,23H,1-2H3. The van der Waals surface area contributed by atoms with Gasteiger partial charge in [-0.1, -0.05) is 6.07 Å². The summed E-state index contributed by atoms with van der Waals surface area (Å²) in [6.07, 6.45) is -1.82. The molecule has 27 heavy (non-hydrogen) atoms. The molecule has 0 amide bonds. The molecule has 0 radical (unpaired) electrons. The second kappa shape index (κ2) is 6.73. The van der Waals surface area contributed by atoms with Gasteiger partial charge in [0.15, 0.2) is 0 Å². The maximum Gasteiger partial charge on any atom is 0.418 e. The van der Waals surface area contributed by atoms with Crippen LogP contribution in [0, 0.1) is 13.8 Å². The predicted octanol–water partition coefficient (Wildman–Crippen LogP) is 4.31. The van der Waals surface area contributed by atoms with Crippen LogP contribution in [-0.2, 0) is 16.2 Å². The molecular formula is C18H16F3N3O2S. The molecule has 1 heterocycles. The van der Waals surface area contributed by atoms with E-state index in [1.54, 1.807) is 19.1 Å². The quantitative estimate of drug-likeness (QED) is 0.716. The Kier molecular flexibility index (Phi) is 4.73. The van der Waals surface area contributed by atoms with E-state index in [2.05, 4.69) is 9.82 Å². The van der Waals surface area contributed by atoms with E-state index in [9.17, 15) is 21.6 Å². The molecule has 2 aromatic carbocycles. The maximum atomic E-state index is 13.5. The smallest absolute Gasteiger partial charge is 0.279 e. The molecule has 1 N–H and O–H groups in total. The molecule has 0 unspecified atom stereocenters. The van der Waals surface area contributed by atoms with E-state index in [-0.39, 0.29) is 10.6 Å². The Hall–Kier alpha value is -2.81. The van der Waals surface area contributed by atoms with Gasteiger partial charge in [-0.2, -0.15) is 18.3 Å². The molecule has 0 aliphatic rings. The van der Waals surface area contributed by atoms with Crippen molar-refractivity contribution in [1.82, 2.24) is 9.78 Å². The van der Waals surface area contributed by atoms with Crippen LogP contribution in [0.4, 0.5) is 18.9 Å². The molecule has 0 saturated heterocycles. The van der Waals surface area contributed by atoms with Gasteiger partial charge in [-0.15, -0.1) is 0 Å². The van der Waals surface area contributed by atoms with Crippen LogP contribution in [0.15, 0.2) is 59.8 Å². The third kappa shape index (κ3) is 3.97. The van der Waals surface area contributed by atoms with Crippen molar-refractivity contribution in [3.8, 4) is 5.69 Å². The third-order valence-corrected chi connectivity index (χ3v) is 5.47. The van der Waals surface area contributed by atoms with Gasteiger partial charge in [0.1, 0.15) is 0 Å². The first-order chi connectivity index (χ1) is 12.6. The average molecular weight is 395 g/mol. The number of aromatic nitrogens is 2. The van der Waals surface area contributed by atoms with Crippen molar-refractivity contribution in [2.24, 2.45) is 0 Å². The third-order valence-electron chi connectivity index (χ3n) is 4.11. The summed E-state index contributed by atoms with van der Waals surface area (Å²) in [5.41, 5.74) is 0.137. The number of aryl methyl sites for hydroxylation is 2. The van der Waals surface area contributed by atoms with E-state index < -0.39 is 27.5 Å². The van der Waals surface area contributed by atoms with Crippen LogP contribution < -0.4 is 4.72 Å². The molecule has 3 aromatic rings. The number of hydrogen-bond donors (Lipinski definition) is 1. The lowest BCUT2D eigenvalue weighted by Gasteiger charge is -2.16. The largest absolute Gasteiger partial charge is 0.418 e. The highest BCUT2D eigenvalue weighted by Crippen LogP contribution is 2.37. The topological polar surface area (TPSA) is 64.0 Å². The fourth-order valence-corrected chi connectivity index (χ4v) is 3.67. The number of sulfonamides is 1. The molecule has 0 saturated carbocycles. The molecule has 0 aliphatic heterocycles. The zero-order chi connectivity index (χ0) is 19.8. The molecule has 142 valence electrons. The van der Waals surface area contributed by atoms with Gasteiger partial charge in [-0.3, -0.25) is 4.72 Å². The Morgan fingerprint density at radius 2 is 1.78 bits per heavy atom. The highest BCUT2D eigenvalue weighted by atomic mass is 32.2. The number of hydrogen-bond acceptors (Lipinski definition) is 3. The summed E-state index contributed by atoms with van der Waals surface area (Å²) in [5, 5.41) is 3.89. The van der Waals surface area contributed by atoms with Gasteiger partial charge in [0.2, 0.25) is 0 Å². The van der Waals surface area contributed by atoms with Gasteiger partial charge < -0.3 is 0 Å². The minimum atomic E-state index is -4.75. The number of benzene rings is 2. The van der Waals surface area contributed by atoms with Gasteiger partial charge >= 0.3 is 6.18 Å². The van der Waals surface area contributed by atoms with E-state index in [1.165, 1.54) is 35.3 Å². The molecular weight excluding hydrogens is 379 g/mol. The lowest BCUT2D eigenvalue weighted by Crippen LogP contribution is -2.18. The normalized spacial score (nSPS) is 12.2. The summed E-state index contributed by atoms with van der Waals surface area (Å²) in [6.45, 7) is 3.54. The van der Waals surface area contributed by atoms with E-state index in [0.717, 1.165) is 23.3 Å². The summed E-state index contributed by atoms with van der Waals surface area (Å²) in [6, 6.07) is 9.25. The molecule has 5 nitrogen and oxygen atoms in total. The van der Waals surface area contributed by atoms with Crippen molar-refractivity contribution in [3.63, 3.8) is 0 Å². The molecule has 0 fully saturated rings. The van der Waals surface area contributed by atoms with Gasteiger partial charge in [0.25, 0.3) is 10.0 Å². The van der Waals surface area contributed by atoms with Crippen molar-refractivity contribution in [1.29, 1.82) is 0 Å². The van der Waals surface area contributed by atoms with Crippen LogP contribution in [0.25, 0.3) is 5.69 Å². The highest BCUT2D eigenvalue weighted by Gasteiger charge is 2.35. The van der Waals surface area contributed by atoms with Gasteiger partial charge in [0.05, 0.1) is 21.8 Å². The molecule has 1 aromatic heterocycles. The first-order valence-electron chi connectivity index (χ1n) is 7.89. The zero-order valence-corrected chi connectivity index (χ0v) is 15.3. The Labute approximate surface area is 154 Å². The lowest BCUT2D eigenvalue weighted by atomic mass is 10.1. The molecule has 0 atom stereocenters. The SMILES string of the molecule is Cc1ccc(S(=O)(=O)Nc2ccc(-n3cccn3)cc2C(F)(F)F)cc1C. The fourth-order valence-electron chi connectivity index (χ4n) is 2.50. The summed E-state index contributed by atoms with van der Waals surface area (Å²) in [4.78, 5) is -0.102. The van der Waals surface area contributed by atoms with Crippen LogP contribution in [0.5, 0.6) is 0 Å². The van der Waals surface area contributed by atoms with Crippen molar-refractivity contribution in [2.45, 2.75) is 24.9 Å². The summed E-state index contributed by atoms with van der Waals surface area (Å²) >= 11 is 0. The molecule has 0 spiro atoms. The molecule has 9 heteroatoms. The minimum Gasteiger partial charge on any atom is -0.279 e. The number of halogens is 3. The maximum absolute atomic E-state index is 13.5. The molecule has 0 aliphatic carbocycles. The number of anilines is 1. The van der Waals surface area contributed by atoms with Crippen LogP contribution in [0.2, 0.25) is 0 Å². The van der Waals surface area contributed by atoms with Gasteiger partial charge in [-0.25, -0.2) is 13.1 Å². The number of rotatable bonds is 4. The van der Waals surface area contributed by atoms with Gasteiger partial charge in [-0.05, 0) is 61.4 Å². The van der Waals surface area contributed by atoms with Crippen LogP contribution in [0.3, 0.4) is 0 Å². The Bertz CT molecular complexity index is 1080.